The van der Waals surface area contributed by atoms with Crippen LogP contribution in [0.25, 0.3) is 5.57 Å². The molecule has 21 heavy (non-hydrogen) atoms. The number of hydrogen-bond donors (Lipinski definition) is 1. The van der Waals surface area contributed by atoms with E-state index in [4.69, 9.17) is 10.8 Å². The smallest absolute Gasteiger partial charge is 0.129 e. The summed E-state index contributed by atoms with van der Waals surface area (Å²) in [6.45, 7) is 5.80. The first-order chi connectivity index (χ1) is 10.2. The van der Waals surface area contributed by atoms with Gasteiger partial charge in [0.05, 0.1) is 5.69 Å². The Morgan fingerprint density at radius 2 is 2.24 bits per heavy atom. The van der Waals surface area contributed by atoms with Crippen molar-refractivity contribution < 1.29 is 0 Å². The van der Waals surface area contributed by atoms with Crippen LogP contribution in [-0.2, 0) is 7.05 Å². The number of nitrogens with two attached hydrogens (primary N) is 1. The van der Waals surface area contributed by atoms with Crippen LogP contribution in [0, 0.1) is 0 Å². The molecule has 0 amide bonds. The minimum absolute atomic E-state index is 0.554. The third-order valence-corrected chi connectivity index (χ3v) is 4.93. The van der Waals surface area contributed by atoms with E-state index in [2.05, 4.69) is 17.9 Å². The van der Waals surface area contributed by atoms with E-state index < -0.39 is 0 Å². The molecule has 1 aromatic rings. The summed E-state index contributed by atoms with van der Waals surface area (Å²) in [5.41, 5.74) is 10.3. The predicted molar refractivity (Wildman–Crippen MR) is 88.2 cm³/mol. The third kappa shape index (κ3) is 2.86. The maximum atomic E-state index is 6.34. The van der Waals surface area contributed by atoms with Crippen LogP contribution >= 0.6 is 0 Å². The standard InChI is InChI=1S/C17H28N4/c1-3-10-21-11-9-14(12-21)16-15(17(18)20(2)19-16)13-7-5-4-6-8-13/h7,14H,3-6,8-12,18H2,1-2H3/t14-/m0/s1. The summed E-state index contributed by atoms with van der Waals surface area (Å²) in [4.78, 5) is 2.56. The first-order valence-corrected chi connectivity index (χ1v) is 8.44. The Bertz CT molecular complexity index is 529. The molecule has 1 aliphatic carbocycles. The van der Waals surface area contributed by atoms with Gasteiger partial charge in [0.1, 0.15) is 5.82 Å². The molecule has 2 aliphatic rings. The Morgan fingerprint density at radius 3 is 2.95 bits per heavy atom. The van der Waals surface area contributed by atoms with Gasteiger partial charge in [-0.3, -0.25) is 4.68 Å². The Kier molecular flexibility index (Phi) is 4.34. The molecule has 4 nitrogen and oxygen atoms in total. The van der Waals surface area contributed by atoms with Gasteiger partial charge in [-0.1, -0.05) is 13.0 Å². The van der Waals surface area contributed by atoms with Crippen LogP contribution in [0.5, 0.6) is 0 Å². The summed E-state index contributed by atoms with van der Waals surface area (Å²) in [7, 11) is 1.98. The molecular weight excluding hydrogens is 260 g/mol. The van der Waals surface area contributed by atoms with Gasteiger partial charge in [-0.15, -0.1) is 0 Å². The lowest BCUT2D eigenvalue weighted by atomic mass is 9.89. The van der Waals surface area contributed by atoms with Crippen molar-refractivity contribution in [1.29, 1.82) is 0 Å². The summed E-state index contributed by atoms with van der Waals surface area (Å²) in [6, 6.07) is 0. The van der Waals surface area contributed by atoms with Gasteiger partial charge < -0.3 is 10.6 Å². The maximum absolute atomic E-state index is 6.34. The molecule has 1 fully saturated rings. The molecular formula is C17H28N4. The zero-order valence-corrected chi connectivity index (χ0v) is 13.4. The van der Waals surface area contributed by atoms with E-state index in [0.717, 1.165) is 18.8 Å². The Balaban J connectivity index is 1.89. The molecule has 116 valence electrons. The van der Waals surface area contributed by atoms with E-state index in [1.165, 1.54) is 62.0 Å². The molecule has 0 unspecified atom stereocenters. The fourth-order valence-electron chi connectivity index (χ4n) is 3.81. The van der Waals surface area contributed by atoms with Crippen LogP contribution in [-0.4, -0.2) is 34.3 Å². The minimum atomic E-state index is 0.554. The van der Waals surface area contributed by atoms with Crippen molar-refractivity contribution >= 4 is 11.4 Å². The molecule has 0 saturated carbocycles. The quantitative estimate of drug-likeness (QED) is 0.925. The van der Waals surface area contributed by atoms with Crippen LogP contribution in [0.1, 0.15) is 62.6 Å². The van der Waals surface area contributed by atoms with Gasteiger partial charge in [0.2, 0.25) is 0 Å². The van der Waals surface area contributed by atoms with Crippen LogP contribution in [0.4, 0.5) is 5.82 Å². The normalized spacial score (nSPS) is 23.5. The number of allylic oxidation sites excluding steroid dienone is 2. The lowest BCUT2D eigenvalue weighted by Crippen LogP contribution is -2.21. The molecule has 2 heterocycles. The fraction of sp³-hybridized carbons (Fsp3) is 0.706. The van der Waals surface area contributed by atoms with Crippen molar-refractivity contribution in [2.24, 2.45) is 7.05 Å². The van der Waals surface area contributed by atoms with Gasteiger partial charge in [0.15, 0.2) is 0 Å². The van der Waals surface area contributed by atoms with E-state index in [-0.39, 0.29) is 0 Å². The zero-order chi connectivity index (χ0) is 14.8. The Morgan fingerprint density at radius 1 is 1.38 bits per heavy atom. The maximum Gasteiger partial charge on any atom is 0.129 e. The number of nitrogen functional groups attached to an aromatic ring is 1. The second-order valence-corrected chi connectivity index (χ2v) is 6.53. The average molecular weight is 288 g/mol. The molecule has 2 N–H and O–H groups in total. The first kappa shape index (κ1) is 14.6. The lowest BCUT2D eigenvalue weighted by molar-refractivity contribution is 0.334. The Hall–Kier alpha value is -1.29. The topological polar surface area (TPSA) is 47.1 Å². The predicted octanol–water partition coefficient (Wildman–Crippen LogP) is 3.16. The van der Waals surface area contributed by atoms with Crippen molar-refractivity contribution in [1.82, 2.24) is 14.7 Å². The van der Waals surface area contributed by atoms with E-state index in [1.807, 2.05) is 11.7 Å². The van der Waals surface area contributed by atoms with Crippen LogP contribution in [0.15, 0.2) is 6.08 Å². The molecule has 0 spiro atoms. The monoisotopic (exact) mass is 288 g/mol. The number of anilines is 1. The average Bonchev–Trinajstić information content (AvgIpc) is 3.06. The second-order valence-electron chi connectivity index (χ2n) is 6.53. The molecule has 0 radical (unpaired) electrons. The van der Waals surface area contributed by atoms with Crippen molar-refractivity contribution in [3.05, 3.63) is 17.3 Å². The van der Waals surface area contributed by atoms with Crippen LogP contribution < -0.4 is 5.73 Å². The van der Waals surface area contributed by atoms with E-state index in [1.54, 1.807) is 0 Å². The number of likely N-dealkylation sites (tertiary alicyclic amines) is 1. The first-order valence-electron chi connectivity index (χ1n) is 8.44. The molecule has 0 aromatic carbocycles. The van der Waals surface area contributed by atoms with Gasteiger partial charge in [-0.25, -0.2) is 0 Å². The largest absolute Gasteiger partial charge is 0.383 e. The summed E-state index contributed by atoms with van der Waals surface area (Å²) < 4.78 is 1.88. The van der Waals surface area contributed by atoms with E-state index >= 15 is 0 Å². The lowest BCUT2D eigenvalue weighted by Gasteiger charge is -2.17. The van der Waals surface area contributed by atoms with Gasteiger partial charge in [0.25, 0.3) is 0 Å². The van der Waals surface area contributed by atoms with Gasteiger partial charge in [-0.05, 0) is 57.2 Å². The molecule has 1 atom stereocenters. The molecule has 1 aliphatic heterocycles. The number of nitrogens with zero attached hydrogens (tertiary/aromatic N) is 3. The number of aryl methyl sites for hydroxylation is 1. The van der Waals surface area contributed by atoms with Crippen LogP contribution in [0.3, 0.4) is 0 Å². The zero-order valence-electron chi connectivity index (χ0n) is 13.4. The van der Waals surface area contributed by atoms with Crippen molar-refractivity contribution in [3.8, 4) is 0 Å². The summed E-state index contributed by atoms with van der Waals surface area (Å²) in [5, 5.41) is 4.79. The highest BCUT2D eigenvalue weighted by atomic mass is 15.3. The summed E-state index contributed by atoms with van der Waals surface area (Å²) in [5.74, 6) is 1.41. The number of hydrogen-bond acceptors (Lipinski definition) is 3. The number of aromatic nitrogens is 2. The van der Waals surface area contributed by atoms with Crippen LogP contribution in [0.2, 0.25) is 0 Å². The van der Waals surface area contributed by atoms with Gasteiger partial charge in [0, 0.05) is 25.1 Å². The van der Waals surface area contributed by atoms with E-state index in [0.29, 0.717) is 5.92 Å². The highest BCUT2D eigenvalue weighted by molar-refractivity contribution is 5.76. The van der Waals surface area contributed by atoms with E-state index in [9.17, 15) is 0 Å². The second kappa shape index (κ2) is 6.22. The van der Waals surface area contributed by atoms with Crippen molar-refractivity contribution in [2.45, 2.75) is 51.4 Å². The SMILES string of the molecule is CCCN1CC[C@H](c2nn(C)c(N)c2C2=CCCCC2)C1. The molecule has 4 heteroatoms. The fourth-order valence-corrected chi connectivity index (χ4v) is 3.81. The molecule has 0 bridgehead atoms. The third-order valence-electron chi connectivity index (χ3n) is 4.93. The summed E-state index contributed by atoms with van der Waals surface area (Å²) >= 11 is 0. The minimum Gasteiger partial charge on any atom is -0.383 e. The molecule has 3 rings (SSSR count). The van der Waals surface area contributed by atoms with Crippen molar-refractivity contribution in [3.63, 3.8) is 0 Å². The number of rotatable bonds is 4. The summed E-state index contributed by atoms with van der Waals surface area (Å²) in [6.07, 6.45) is 9.79. The highest BCUT2D eigenvalue weighted by Crippen LogP contribution is 2.38. The van der Waals surface area contributed by atoms with Crippen molar-refractivity contribution in [2.75, 3.05) is 25.4 Å². The van der Waals surface area contributed by atoms with Gasteiger partial charge >= 0.3 is 0 Å². The van der Waals surface area contributed by atoms with Gasteiger partial charge in [-0.2, -0.15) is 5.10 Å². The highest BCUT2D eigenvalue weighted by Gasteiger charge is 2.30. The Labute approximate surface area is 128 Å². The molecule has 1 aromatic heterocycles. The molecule has 1 saturated heterocycles.